The van der Waals surface area contributed by atoms with Crippen LogP contribution in [0.1, 0.15) is 5.56 Å². The van der Waals surface area contributed by atoms with E-state index in [0.717, 1.165) is 0 Å². The van der Waals surface area contributed by atoms with E-state index in [-0.39, 0.29) is 0 Å². The van der Waals surface area contributed by atoms with Crippen molar-refractivity contribution in [3.05, 3.63) is 40.0 Å². The zero-order valence-electron chi connectivity index (χ0n) is 6.96. The first-order chi connectivity index (χ1) is 5.88. The molecule has 0 fully saturated rings. The number of methoxy groups -OCH3 is 1. The summed E-state index contributed by atoms with van der Waals surface area (Å²) < 4.78 is 7.13. The van der Waals surface area contributed by atoms with Gasteiger partial charge in [-0.15, -0.1) is 0 Å². The van der Waals surface area contributed by atoms with Crippen molar-refractivity contribution in [1.82, 2.24) is 0 Å². The molecule has 0 atom stereocenters. The first kappa shape index (κ1) is 9.74. The van der Waals surface area contributed by atoms with Gasteiger partial charge in [-0.2, -0.15) is 0 Å². The second-order valence-corrected chi connectivity index (χ2v) is 3.06. The predicted molar refractivity (Wildman–Crippen MR) is 60.3 cm³/mol. The van der Waals surface area contributed by atoms with E-state index in [1.807, 2.05) is 18.2 Å². The highest BCUT2D eigenvalue weighted by atomic mass is 127. The Morgan fingerprint density at radius 2 is 2.08 bits per heavy atom. The Morgan fingerprint density at radius 3 is 2.58 bits per heavy atom. The van der Waals surface area contributed by atoms with E-state index in [2.05, 4.69) is 38.8 Å². The largest absolute Gasteiger partial charge is 0.380 e. The number of hydrogen-bond acceptors (Lipinski definition) is 1. The Labute approximate surface area is 86.6 Å². The number of halogens is 1. The molecule has 12 heavy (non-hydrogen) atoms. The molecule has 0 heterocycles. The van der Waals surface area contributed by atoms with E-state index in [1.165, 1.54) is 11.1 Å². The summed E-state index contributed by atoms with van der Waals surface area (Å²) in [4.78, 5) is 0. The Hall–Kier alpha value is -0.350. The van der Waals surface area contributed by atoms with Crippen molar-refractivity contribution in [3.63, 3.8) is 0 Å². The van der Waals surface area contributed by atoms with Crippen LogP contribution in [0.2, 0.25) is 0 Å². The van der Waals surface area contributed by atoms with E-state index in [9.17, 15) is 0 Å². The summed E-state index contributed by atoms with van der Waals surface area (Å²) >= 11 is 2.23. The fourth-order valence-corrected chi connectivity index (χ4v) is 1.52. The molecule has 0 N–H and O–H groups in total. The molecule has 1 aromatic rings. The first-order valence-electron chi connectivity index (χ1n) is 3.72. The third kappa shape index (κ3) is 2.60. The van der Waals surface area contributed by atoms with Crippen LogP contribution in [0.25, 0.3) is 5.57 Å². The van der Waals surface area contributed by atoms with Crippen LogP contribution in [0, 0.1) is 0 Å². The lowest BCUT2D eigenvalue weighted by atomic mass is 10.1. The summed E-state index contributed by atoms with van der Waals surface area (Å²) in [7, 11) is 1.71. The molecule has 1 aromatic carbocycles. The second kappa shape index (κ2) is 5.32. The lowest BCUT2D eigenvalue weighted by Gasteiger charge is -2.04. The highest BCUT2D eigenvalue weighted by Gasteiger charge is 1.97. The van der Waals surface area contributed by atoms with Crippen molar-refractivity contribution >= 4 is 28.2 Å². The SMILES string of the molecule is COC/C(=C\I)c1ccccc1. The van der Waals surface area contributed by atoms with E-state index in [4.69, 9.17) is 4.74 Å². The minimum absolute atomic E-state index is 0.674. The number of hydrogen-bond donors (Lipinski definition) is 0. The minimum Gasteiger partial charge on any atom is -0.380 e. The number of rotatable bonds is 3. The van der Waals surface area contributed by atoms with Crippen molar-refractivity contribution in [2.75, 3.05) is 13.7 Å². The minimum atomic E-state index is 0.674. The average Bonchev–Trinajstić information content (AvgIpc) is 2.15. The summed E-state index contributed by atoms with van der Waals surface area (Å²) in [6, 6.07) is 10.3. The topological polar surface area (TPSA) is 9.23 Å². The molecule has 0 aromatic heterocycles. The van der Waals surface area contributed by atoms with Gasteiger partial charge in [0.2, 0.25) is 0 Å². The fourth-order valence-electron chi connectivity index (χ4n) is 0.986. The Balaban J connectivity index is 2.82. The van der Waals surface area contributed by atoms with Crippen molar-refractivity contribution in [2.24, 2.45) is 0 Å². The van der Waals surface area contributed by atoms with Gasteiger partial charge in [0, 0.05) is 7.11 Å². The molecule has 0 amide bonds. The van der Waals surface area contributed by atoms with Crippen molar-refractivity contribution in [2.45, 2.75) is 0 Å². The molecular formula is C10H11IO. The molecule has 1 rings (SSSR count). The molecule has 0 saturated carbocycles. The molecule has 64 valence electrons. The Morgan fingerprint density at radius 1 is 1.42 bits per heavy atom. The van der Waals surface area contributed by atoms with Gasteiger partial charge in [-0.05, 0) is 15.2 Å². The maximum Gasteiger partial charge on any atom is 0.0723 e. The number of ether oxygens (including phenoxy) is 1. The monoisotopic (exact) mass is 274 g/mol. The summed E-state index contributed by atoms with van der Waals surface area (Å²) in [6.45, 7) is 0.674. The van der Waals surface area contributed by atoms with Gasteiger partial charge in [-0.3, -0.25) is 0 Å². The van der Waals surface area contributed by atoms with Crippen molar-refractivity contribution < 1.29 is 4.74 Å². The Kier molecular flexibility index (Phi) is 4.32. The quantitative estimate of drug-likeness (QED) is 0.769. The van der Waals surface area contributed by atoms with Crippen LogP contribution in [0.3, 0.4) is 0 Å². The van der Waals surface area contributed by atoms with Crippen LogP contribution in [0.4, 0.5) is 0 Å². The van der Waals surface area contributed by atoms with Crippen LogP contribution < -0.4 is 0 Å². The van der Waals surface area contributed by atoms with Crippen LogP contribution in [-0.2, 0) is 4.74 Å². The average molecular weight is 274 g/mol. The fraction of sp³-hybridized carbons (Fsp3) is 0.200. The number of benzene rings is 1. The molecular weight excluding hydrogens is 263 g/mol. The molecule has 2 heteroatoms. The zero-order valence-corrected chi connectivity index (χ0v) is 9.11. The first-order valence-corrected chi connectivity index (χ1v) is 4.96. The maximum atomic E-state index is 5.08. The molecule has 0 saturated heterocycles. The molecule has 0 aliphatic heterocycles. The molecule has 0 bridgehead atoms. The van der Waals surface area contributed by atoms with Crippen LogP contribution in [-0.4, -0.2) is 13.7 Å². The summed E-state index contributed by atoms with van der Waals surface area (Å²) in [5, 5.41) is 0. The van der Waals surface area contributed by atoms with Crippen LogP contribution in [0.5, 0.6) is 0 Å². The highest BCUT2D eigenvalue weighted by molar-refractivity contribution is 14.1. The predicted octanol–water partition coefficient (Wildman–Crippen LogP) is 3.11. The van der Waals surface area contributed by atoms with Gasteiger partial charge in [-0.1, -0.05) is 52.9 Å². The van der Waals surface area contributed by atoms with E-state index >= 15 is 0 Å². The third-order valence-electron chi connectivity index (χ3n) is 1.58. The van der Waals surface area contributed by atoms with Gasteiger partial charge >= 0.3 is 0 Å². The van der Waals surface area contributed by atoms with Crippen LogP contribution in [0.15, 0.2) is 34.4 Å². The molecule has 0 aliphatic rings. The lowest BCUT2D eigenvalue weighted by molar-refractivity contribution is 0.240. The van der Waals surface area contributed by atoms with Crippen molar-refractivity contribution in [3.8, 4) is 0 Å². The van der Waals surface area contributed by atoms with Gasteiger partial charge < -0.3 is 4.74 Å². The molecule has 0 aliphatic carbocycles. The summed E-state index contributed by atoms with van der Waals surface area (Å²) in [5.41, 5.74) is 2.45. The normalized spacial score (nSPS) is 11.7. The van der Waals surface area contributed by atoms with Crippen molar-refractivity contribution in [1.29, 1.82) is 0 Å². The van der Waals surface area contributed by atoms with E-state index < -0.39 is 0 Å². The Bertz CT molecular complexity index is 254. The smallest absolute Gasteiger partial charge is 0.0723 e. The second-order valence-electron chi connectivity index (χ2n) is 2.43. The molecule has 0 unspecified atom stereocenters. The zero-order chi connectivity index (χ0) is 8.81. The standard InChI is InChI=1S/C10H11IO/c1-12-8-10(7-11)9-5-3-2-4-6-9/h2-7H,8H2,1H3/b10-7+. The van der Waals surface area contributed by atoms with Gasteiger partial charge in [0.25, 0.3) is 0 Å². The van der Waals surface area contributed by atoms with E-state index in [1.54, 1.807) is 7.11 Å². The van der Waals surface area contributed by atoms with Crippen LogP contribution >= 0.6 is 22.6 Å². The molecule has 0 radical (unpaired) electrons. The van der Waals surface area contributed by atoms with Gasteiger partial charge in [0.1, 0.15) is 0 Å². The highest BCUT2D eigenvalue weighted by Crippen LogP contribution is 2.15. The summed E-state index contributed by atoms with van der Waals surface area (Å²) in [6.07, 6.45) is 0. The summed E-state index contributed by atoms with van der Waals surface area (Å²) in [5.74, 6) is 0. The van der Waals surface area contributed by atoms with Gasteiger partial charge in [0.15, 0.2) is 0 Å². The third-order valence-corrected chi connectivity index (χ3v) is 2.33. The maximum absolute atomic E-state index is 5.08. The molecule has 0 spiro atoms. The lowest BCUT2D eigenvalue weighted by Crippen LogP contribution is -1.92. The van der Waals surface area contributed by atoms with Gasteiger partial charge in [0.05, 0.1) is 6.61 Å². The van der Waals surface area contributed by atoms with E-state index in [0.29, 0.717) is 6.61 Å². The van der Waals surface area contributed by atoms with Gasteiger partial charge in [-0.25, -0.2) is 0 Å². The molecule has 1 nitrogen and oxygen atoms in total.